The maximum atomic E-state index is 5.17. The van der Waals surface area contributed by atoms with Crippen molar-refractivity contribution in [2.75, 3.05) is 20.3 Å². The summed E-state index contributed by atoms with van der Waals surface area (Å²) in [6.45, 7) is 6.84. The fourth-order valence-corrected chi connectivity index (χ4v) is 1.65. The van der Waals surface area contributed by atoms with Gasteiger partial charge < -0.3 is 10.1 Å². The van der Waals surface area contributed by atoms with E-state index >= 15 is 0 Å². The molecule has 0 bridgehead atoms. The van der Waals surface area contributed by atoms with Crippen LogP contribution in [0.15, 0.2) is 12.4 Å². The molecule has 0 aromatic carbocycles. The average molecular weight is 211 g/mol. The summed E-state index contributed by atoms with van der Waals surface area (Å²) in [7, 11) is 1.74. The van der Waals surface area contributed by atoms with Gasteiger partial charge in [0.05, 0.1) is 12.8 Å². The Labute approximate surface area is 91.6 Å². The molecule has 0 amide bonds. The number of hydrogen-bond donors (Lipinski definition) is 1. The SMILES string of the molecule is CCNC(COC)Cc1cnn(CC)c1. The Kier molecular flexibility index (Phi) is 5.36. The Morgan fingerprint density at radius 2 is 2.33 bits per heavy atom. The molecule has 1 unspecified atom stereocenters. The van der Waals surface area contributed by atoms with Crippen molar-refractivity contribution >= 4 is 0 Å². The summed E-state index contributed by atoms with van der Waals surface area (Å²) in [6.07, 6.45) is 5.01. The van der Waals surface area contributed by atoms with E-state index < -0.39 is 0 Å². The zero-order chi connectivity index (χ0) is 11.1. The summed E-state index contributed by atoms with van der Waals surface area (Å²) in [4.78, 5) is 0. The van der Waals surface area contributed by atoms with E-state index in [1.807, 2.05) is 10.9 Å². The van der Waals surface area contributed by atoms with Crippen molar-refractivity contribution in [3.05, 3.63) is 18.0 Å². The first-order chi connectivity index (χ1) is 7.30. The fraction of sp³-hybridized carbons (Fsp3) is 0.727. The van der Waals surface area contributed by atoms with Gasteiger partial charge >= 0.3 is 0 Å². The molecule has 1 atom stereocenters. The minimum atomic E-state index is 0.384. The van der Waals surface area contributed by atoms with Crippen molar-refractivity contribution in [3.8, 4) is 0 Å². The van der Waals surface area contributed by atoms with Gasteiger partial charge in [0.25, 0.3) is 0 Å². The van der Waals surface area contributed by atoms with Crippen LogP contribution in [-0.2, 0) is 17.7 Å². The molecule has 0 fully saturated rings. The van der Waals surface area contributed by atoms with Crippen molar-refractivity contribution in [1.29, 1.82) is 0 Å². The first kappa shape index (κ1) is 12.2. The molecule has 0 saturated heterocycles. The third-order valence-corrected chi connectivity index (χ3v) is 2.35. The van der Waals surface area contributed by atoms with Crippen LogP contribution in [0.1, 0.15) is 19.4 Å². The maximum absolute atomic E-state index is 5.17. The molecule has 1 N–H and O–H groups in total. The second kappa shape index (κ2) is 6.58. The van der Waals surface area contributed by atoms with E-state index in [2.05, 4.69) is 30.5 Å². The maximum Gasteiger partial charge on any atom is 0.0619 e. The molecule has 0 radical (unpaired) electrons. The first-order valence-corrected chi connectivity index (χ1v) is 5.53. The summed E-state index contributed by atoms with van der Waals surface area (Å²) >= 11 is 0. The van der Waals surface area contributed by atoms with Crippen LogP contribution >= 0.6 is 0 Å². The van der Waals surface area contributed by atoms with E-state index in [0.717, 1.165) is 26.1 Å². The van der Waals surface area contributed by atoms with E-state index in [0.29, 0.717) is 6.04 Å². The Balaban J connectivity index is 2.48. The molecule has 15 heavy (non-hydrogen) atoms. The van der Waals surface area contributed by atoms with Crippen molar-refractivity contribution in [1.82, 2.24) is 15.1 Å². The van der Waals surface area contributed by atoms with Crippen molar-refractivity contribution < 1.29 is 4.74 Å². The van der Waals surface area contributed by atoms with Gasteiger partial charge in [-0.15, -0.1) is 0 Å². The van der Waals surface area contributed by atoms with Gasteiger partial charge in [-0.3, -0.25) is 4.68 Å². The summed E-state index contributed by atoms with van der Waals surface area (Å²) in [5, 5.41) is 7.65. The van der Waals surface area contributed by atoms with Crippen molar-refractivity contribution in [3.63, 3.8) is 0 Å². The van der Waals surface area contributed by atoms with E-state index in [4.69, 9.17) is 4.74 Å². The van der Waals surface area contributed by atoms with Gasteiger partial charge in [-0.2, -0.15) is 5.10 Å². The number of aromatic nitrogens is 2. The smallest absolute Gasteiger partial charge is 0.0619 e. The van der Waals surface area contributed by atoms with Gasteiger partial charge in [-0.25, -0.2) is 0 Å². The van der Waals surface area contributed by atoms with Crippen LogP contribution in [0.4, 0.5) is 0 Å². The van der Waals surface area contributed by atoms with Crippen LogP contribution in [-0.4, -0.2) is 36.1 Å². The second-order valence-corrected chi connectivity index (χ2v) is 3.62. The number of nitrogens with zero attached hydrogens (tertiary/aromatic N) is 2. The van der Waals surface area contributed by atoms with Gasteiger partial charge in [0.2, 0.25) is 0 Å². The molecule has 1 aromatic rings. The molecule has 0 aliphatic heterocycles. The highest BCUT2D eigenvalue weighted by molar-refractivity contribution is 5.06. The molecule has 0 aliphatic carbocycles. The number of aryl methyl sites for hydroxylation is 1. The van der Waals surface area contributed by atoms with Crippen LogP contribution in [0.3, 0.4) is 0 Å². The molecule has 0 aliphatic rings. The number of methoxy groups -OCH3 is 1. The molecular weight excluding hydrogens is 190 g/mol. The van der Waals surface area contributed by atoms with E-state index in [1.165, 1.54) is 5.56 Å². The Morgan fingerprint density at radius 1 is 1.53 bits per heavy atom. The number of likely N-dealkylation sites (N-methyl/N-ethyl adjacent to an activating group) is 1. The predicted octanol–water partition coefficient (Wildman–Crippen LogP) is 1.07. The zero-order valence-corrected chi connectivity index (χ0v) is 9.86. The lowest BCUT2D eigenvalue weighted by atomic mass is 10.1. The van der Waals surface area contributed by atoms with E-state index in [9.17, 15) is 0 Å². The standard InChI is InChI=1S/C11H21N3O/c1-4-12-11(9-15-3)6-10-7-13-14(5-2)8-10/h7-8,11-12H,4-6,9H2,1-3H3. The monoisotopic (exact) mass is 211 g/mol. The van der Waals surface area contributed by atoms with Gasteiger partial charge in [0, 0.05) is 25.9 Å². The molecule has 4 nitrogen and oxygen atoms in total. The predicted molar refractivity (Wildman–Crippen MR) is 60.9 cm³/mol. The Bertz CT molecular complexity index is 267. The zero-order valence-electron chi connectivity index (χ0n) is 9.86. The highest BCUT2D eigenvalue weighted by Crippen LogP contribution is 2.03. The number of ether oxygens (including phenoxy) is 1. The van der Waals surface area contributed by atoms with Crippen LogP contribution < -0.4 is 5.32 Å². The van der Waals surface area contributed by atoms with E-state index in [-0.39, 0.29) is 0 Å². The van der Waals surface area contributed by atoms with Gasteiger partial charge in [-0.05, 0) is 25.5 Å². The molecule has 86 valence electrons. The number of rotatable bonds is 7. The number of nitrogens with one attached hydrogen (secondary N) is 1. The van der Waals surface area contributed by atoms with E-state index in [1.54, 1.807) is 7.11 Å². The largest absolute Gasteiger partial charge is 0.383 e. The number of hydrogen-bond acceptors (Lipinski definition) is 3. The summed E-state index contributed by atoms with van der Waals surface area (Å²) in [6, 6.07) is 0.384. The summed E-state index contributed by atoms with van der Waals surface area (Å²) < 4.78 is 7.12. The minimum absolute atomic E-state index is 0.384. The van der Waals surface area contributed by atoms with Crippen LogP contribution in [0.2, 0.25) is 0 Å². The highest BCUT2D eigenvalue weighted by Gasteiger charge is 2.09. The topological polar surface area (TPSA) is 39.1 Å². The highest BCUT2D eigenvalue weighted by atomic mass is 16.5. The quantitative estimate of drug-likeness (QED) is 0.733. The first-order valence-electron chi connectivity index (χ1n) is 5.53. The van der Waals surface area contributed by atoms with Gasteiger partial charge in [-0.1, -0.05) is 6.92 Å². The average Bonchev–Trinajstić information content (AvgIpc) is 2.66. The molecule has 1 rings (SSSR count). The van der Waals surface area contributed by atoms with Gasteiger partial charge in [0.15, 0.2) is 0 Å². The van der Waals surface area contributed by atoms with Crippen molar-refractivity contribution in [2.45, 2.75) is 32.9 Å². The Morgan fingerprint density at radius 3 is 2.87 bits per heavy atom. The van der Waals surface area contributed by atoms with Gasteiger partial charge in [0.1, 0.15) is 0 Å². The van der Waals surface area contributed by atoms with Crippen LogP contribution in [0.25, 0.3) is 0 Å². The lowest BCUT2D eigenvalue weighted by Crippen LogP contribution is -2.34. The molecule has 1 heterocycles. The molecule has 4 heteroatoms. The summed E-state index contributed by atoms with van der Waals surface area (Å²) in [5.74, 6) is 0. The van der Waals surface area contributed by atoms with Crippen molar-refractivity contribution in [2.24, 2.45) is 0 Å². The molecule has 0 saturated carbocycles. The third-order valence-electron chi connectivity index (χ3n) is 2.35. The molecule has 0 spiro atoms. The Hall–Kier alpha value is -0.870. The minimum Gasteiger partial charge on any atom is -0.383 e. The van der Waals surface area contributed by atoms with Crippen LogP contribution in [0, 0.1) is 0 Å². The fourth-order valence-electron chi connectivity index (χ4n) is 1.65. The summed E-state index contributed by atoms with van der Waals surface area (Å²) in [5.41, 5.74) is 1.26. The second-order valence-electron chi connectivity index (χ2n) is 3.62. The molecule has 1 aromatic heterocycles. The lowest BCUT2D eigenvalue weighted by Gasteiger charge is -2.15. The lowest BCUT2D eigenvalue weighted by molar-refractivity contribution is 0.167. The third kappa shape index (κ3) is 4.01. The van der Waals surface area contributed by atoms with Crippen LogP contribution in [0.5, 0.6) is 0 Å². The normalized spacial score (nSPS) is 13.0. The molecular formula is C11H21N3O.